The maximum atomic E-state index is 10.6. The fourth-order valence-electron chi connectivity index (χ4n) is 1.70. The minimum Gasteiger partial charge on any atom is -0.735 e. The van der Waals surface area contributed by atoms with Crippen LogP contribution in [0.5, 0.6) is 0 Å². The highest BCUT2D eigenvalue weighted by molar-refractivity contribution is 7.83. The van der Waals surface area contributed by atoms with Crippen molar-refractivity contribution in [1.29, 1.82) is 0 Å². The highest BCUT2D eigenvalue weighted by Gasteiger charge is 2.39. The van der Waals surface area contributed by atoms with Gasteiger partial charge >= 0.3 is 0 Å². The van der Waals surface area contributed by atoms with E-state index < -0.39 is 51.8 Å². The van der Waals surface area contributed by atoms with E-state index in [1.54, 1.807) is 4.72 Å². The van der Waals surface area contributed by atoms with Crippen LogP contribution in [-0.2, 0) is 34.4 Å². The summed E-state index contributed by atoms with van der Waals surface area (Å²) in [5, 5.41) is 9.72. The Bertz CT molecular complexity index is 516. The lowest BCUT2D eigenvalue weighted by molar-refractivity contribution is -0.222. The van der Waals surface area contributed by atoms with Crippen molar-refractivity contribution >= 4 is 20.7 Å². The van der Waals surface area contributed by atoms with Crippen LogP contribution >= 0.6 is 0 Å². The Morgan fingerprint density at radius 1 is 1.35 bits per heavy atom. The zero-order chi connectivity index (χ0) is 15.6. The molecule has 1 heterocycles. The summed E-state index contributed by atoms with van der Waals surface area (Å²) in [4.78, 5) is 0. The molecule has 0 aromatic heterocycles. The van der Waals surface area contributed by atoms with Crippen LogP contribution in [0.2, 0.25) is 0 Å². The predicted octanol–water partition coefficient (Wildman–Crippen LogP) is -3.00. The van der Waals surface area contributed by atoms with Gasteiger partial charge in [0.15, 0.2) is 16.6 Å². The van der Waals surface area contributed by atoms with Gasteiger partial charge in [-0.3, -0.25) is 4.18 Å². The topological polar surface area (TPSA) is 174 Å². The number of aliphatic hydroxyl groups excluding tert-OH is 1. The Kier molecular flexibility index (Phi) is 5.82. The van der Waals surface area contributed by atoms with E-state index in [0.29, 0.717) is 0 Å². The van der Waals surface area contributed by atoms with Gasteiger partial charge in [0.1, 0.15) is 0 Å². The van der Waals surface area contributed by atoms with Crippen LogP contribution in [0, 0.1) is 0 Å². The quantitative estimate of drug-likeness (QED) is 0.376. The summed E-state index contributed by atoms with van der Waals surface area (Å²) in [5.74, 6) is 0. The van der Waals surface area contributed by atoms with Crippen molar-refractivity contribution in [2.24, 2.45) is 0 Å². The van der Waals surface area contributed by atoms with Crippen molar-refractivity contribution < 1.29 is 44.7 Å². The van der Waals surface area contributed by atoms with Crippen molar-refractivity contribution in [3.05, 3.63) is 0 Å². The van der Waals surface area contributed by atoms with Crippen molar-refractivity contribution in [3.63, 3.8) is 0 Å². The number of aliphatic hydroxyl groups is 1. The van der Waals surface area contributed by atoms with Gasteiger partial charge in [0.25, 0.3) is 0 Å². The summed E-state index contributed by atoms with van der Waals surface area (Å²) in [6.45, 7) is -0.667. The minimum atomic E-state index is -4.92. The largest absolute Gasteiger partial charge is 0.735 e. The highest BCUT2D eigenvalue weighted by Crippen LogP contribution is 2.22. The van der Waals surface area contributed by atoms with Crippen LogP contribution in [-0.4, -0.2) is 69.3 Å². The minimum absolute atomic E-state index is 0.261. The summed E-state index contributed by atoms with van der Waals surface area (Å²) in [6.07, 6.45) is -4.01. The molecule has 1 rings (SSSR count). The van der Waals surface area contributed by atoms with E-state index in [2.05, 4.69) is 4.18 Å². The van der Waals surface area contributed by atoms with Crippen molar-refractivity contribution in [2.45, 2.75) is 31.0 Å². The van der Waals surface area contributed by atoms with Crippen LogP contribution in [0.4, 0.5) is 0 Å². The van der Waals surface area contributed by atoms with Crippen molar-refractivity contribution in [1.82, 2.24) is 4.72 Å². The Labute approximate surface area is 115 Å². The molecule has 0 spiro atoms. The molecule has 0 radical (unpaired) electrons. The van der Waals surface area contributed by atoms with E-state index in [9.17, 15) is 31.0 Å². The molecule has 2 unspecified atom stereocenters. The molecule has 4 atom stereocenters. The average Bonchev–Trinajstić information content (AvgIpc) is 2.26. The smallest absolute Gasteiger partial charge is 0.217 e. The number of nitrogens with one attached hydrogen (secondary N) is 1. The lowest BCUT2D eigenvalue weighted by Crippen LogP contribution is -2.58. The summed E-state index contributed by atoms with van der Waals surface area (Å²) in [5.41, 5.74) is 0. The van der Waals surface area contributed by atoms with E-state index in [4.69, 9.17) is 9.47 Å². The number of ether oxygens (including phenoxy) is 2. The molecule has 1 aliphatic heterocycles. The second-order valence-corrected chi connectivity index (χ2v) is 6.15. The van der Waals surface area contributed by atoms with Crippen LogP contribution in [0.1, 0.15) is 6.42 Å². The van der Waals surface area contributed by atoms with Gasteiger partial charge in [0, 0.05) is 13.5 Å². The van der Waals surface area contributed by atoms with Gasteiger partial charge in [-0.15, -0.1) is 0 Å². The molecule has 1 aliphatic rings. The van der Waals surface area contributed by atoms with Crippen LogP contribution in [0.3, 0.4) is 0 Å². The molecule has 1 fully saturated rings. The molecule has 13 heteroatoms. The molecule has 0 bridgehead atoms. The van der Waals surface area contributed by atoms with E-state index in [0.717, 1.165) is 7.11 Å². The molecule has 2 N–H and O–H groups in total. The molecule has 0 aromatic carbocycles. The molecular formula is C7H13NO10S2-2. The van der Waals surface area contributed by atoms with E-state index in [-0.39, 0.29) is 6.42 Å². The van der Waals surface area contributed by atoms with Crippen LogP contribution < -0.4 is 4.72 Å². The maximum absolute atomic E-state index is 10.6. The van der Waals surface area contributed by atoms with Gasteiger partial charge in [0.2, 0.25) is 10.4 Å². The summed E-state index contributed by atoms with van der Waals surface area (Å²) < 4.78 is 78.1. The standard InChI is InChI=1S/C7H15NO10S2/c1-16-7-6(8-19(10,11)12)5(9)2-4(18-7)3-17-20(13,14)15/h4-9H,2-3H2,1H3,(H,10,11,12)(H,13,14,15)/p-2/t4?,5-,6?,7-/m1/s1. The predicted molar refractivity (Wildman–Crippen MR) is 58.6 cm³/mol. The summed E-state index contributed by atoms with van der Waals surface area (Å²) in [6, 6.07) is -1.36. The van der Waals surface area contributed by atoms with Gasteiger partial charge in [0.05, 0.1) is 24.9 Å². The van der Waals surface area contributed by atoms with Crippen LogP contribution in [0.25, 0.3) is 0 Å². The Morgan fingerprint density at radius 3 is 2.40 bits per heavy atom. The third kappa shape index (κ3) is 5.94. The SMILES string of the molecule is CO[C@@H]1OC(COS(=O)(=O)[O-])C[C@@H](O)C1NS(=O)(=O)[O-]. The first kappa shape index (κ1) is 17.7. The normalized spacial score (nSPS) is 32.2. The zero-order valence-corrected chi connectivity index (χ0v) is 11.8. The second-order valence-electron chi connectivity index (χ2n) is 3.96. The molecular weight excluding hydrogens is 322 g/mol. The molecule has 120 valence electrons. The first-order valence-corrected chi connectivity index (χ1v) is 7.95. The zero-order valence-electron chi connectivity index (χ0n) is 10.2. The third-order valence-electron chi connectivity index (χ3n) is 2.45. The molecule has 0 aliphatic carbocycles. The number of methoxy groups -OCH3 is 1. The van der Waals surface area contributed by atoms with E-state index >= 15 is 0 Å². The average molecular weight is 335 g/mol. The van der Waals surface area contributed by atoms with Gasteiger partial charge in [-0.2, -0.15) is 0 Å². The third-order valence-corrected chi connectivity index (χ3v) is 3.44. The number of rotatable bonds is 6. The number of hydrogen-bond acceptors (Lipinski definition) is 10. The molecule has 0 aromatic rings. The molecule has 11 nitrogen and oxygen atoms in total. The Hall–Kier alpha value is -0.380. The molecule has 20 heavy (non-hydrogen) atoms. The van der Waals surface area contributed by atoms with Crippen molar-refractivity contribution in [3.8, 4) is 0 Å². The summed E-state index contributed by atoms with van der Waals surface area (Å²) in [7, 11) is -8.65. The Balaban J connectivity index is 2.70. The lowest BCUT2D eigenvalue weighted by Gasteiger charge is -2.39. The summed E-state index contributed by atoms with van der Waals surface area (Å²) >= 11 is 0. The molecule has 0 amide bonds. The maximum Gasteiger partial charge on any atom is 0.217 e. The van der Waals surface area contributed by atoms with Crippen molar-refractivity contribution in [2.75, 3.05) is 13.7 Å². The van der Waals surface area contributed by atoms with Gasteiger partial charge < -0.3 is 23.7 Å². The highest BCUT2D eigenvalue weighted by atomic mass is 32.3. The molecule has 1 saturated heterocycles. The number of hydrogen-bond donors (Lipinski definition) is 2. The van der Waals surface area contributed by atoms with Gasteiger partial charge in [-0.25, -0.2) is 21.6 Å². The first-order chi connectivity index (χ1) is 9.02. The van der Waals surface area contributed by atoms with E-state index in [1.807, 2.05) is 0 Å². The lowest BCUT2D eigenvalue weighted by atomic mass is 10.0. The van der Waals surface area contributed by atoms with Crippen LogP contribution in [0.15, 0.2) is 0 Å². The van der Waals surface area contributed by atoms with Gasteiger partial charge in [-0.05, 0) is 0 Å². The second kappa shape index (κ2) is 6.59. The monoisotopic (exact) mass is 335 g/mol. The molecule has 0 saturated carbocycles. The van der Waals surface area contributed by atoms with Gasteiger partial charge in [-0.1, -0.05) is 0 Å². The first-order valence-electron chi connectivity index (χ1n) is 5.21. The van der Waals surface area contributed by atoms with E-state index in [1.165, 1.54) is 0 Å². The Morgan fingerprint density at radius 2 is 1.95 bits per heavy atom. The fourth-order valence-corrected chi connectivity index (χ4v) is 2.62. The fraction of sp³-hybridized carbons (Fsp3) is 1.00.